The molecular formula is C47H50Cl2Zr+2. The van der Waals surface area contributed by atoms with Crippen molar-refractivity contribution in [2.75, 3.05) is 0 Å². The molecule has 0 aliphatic heterocycles. The van der Waals surface area contributed by atoms with E-state index in [4.69, 9.17) is 17.0 Å². The van der Waals surface area contributed by atoms with E-state index in [1.807, 2.05) is 0 Å². The quantitative estimate of drug-likeness (QED) is 0.290. The minimum absolute atomic E-state index is 0.117. The molecule has 6 aliphatic carbocycles. The van der Waals surface area contributed by atoms with E-state index in [0.29, 0.717) is 0 Å². The van der Waals surface area contributed by atoms with E-state index >= 15 is 0 Å². The molecule has 0 atom stereocenters. The molecule has 0 aromatic heterocycles. The average molecular weight is 777 g/mol. The Labute approximate surface area is 323 Å². The van der Waals surface area contributed by atoms with Crippen molar-refractivity contribution in [3.05, 3.63) is 180 Å². The zero-order valence-electron chi connectivity index (χ0n) is 31.0. The van der Waals surface area contributed by atoms with Crippen LogP contribution in [0.4, 0.5) is 0 Å². The summed E-state index contributed by atoms with van der Waals surface area (Å²) in [6, 6.07) is 22.7. The van der Waals surface area contributed by atoms with Crippen LogP contribution in [0.15, 0.2) is 107 Å². The SMILES string of the molecule is CC1(C)CCC(C)(C)C2=C[C]3[C](C=C21)[C]1C=C2C(=C[C]1[C]3C([C]1[CH][CH][CH][CH]1)(c1ccccc1)c1ccccc1)C(C)(C)CCC2(C)C.[Cl][Zr+2][Cl]. The van der Waals surface area contributed by atoms with Crippen molar-refractivity contribution in [3.63, 3.8) is 0 Å². The van der Waals surface area contributed by atoms with Gasteiger partial charge in [-0.3, -0.25) is 0 Å². The van der Waals surface area contributed by atoms with Crippen molar-refractivity contribution in [2.24, 2.45) is 21.7 Å². The topological polar surface area (TPSA) is 0 Å². The molecule has 0 bridgehead atoms. The Morgan fingerprint density at radius 2 is 0.780 bits per heavy atom. The summed E-state index contributed by atoms with van der Waals surface area (Å²) in [5, 5.41) is 0. The minimum atomic E-state index is -0.826. The summed E-state index contributed by atoms with van der Waals surface area (Å²) in [5.41, 5.74) is 8.79. The van der Waals surface area contributed by atoms with Crippen LogP contribution in [-0.4, -0.2) is 0 Å². The van der Waals surface area contributed by atoms with E-state index in [0.717, 1.165) is 0 Å². The molecule has 0 N–H and O–H groups in total. The van der Waals surface area contributed by atoms with Crippen molar-refractivity contribution in [1.29, 1.82) is 0 Å². The molecule has 8 rings (SSSR count). The summed E-state index contributed by atoms with van der Waals surface area (Å²) in [5.74, 6) is 8.44. The maximum absolute atomic E-state index is 4.93. The zero-order valence-corrected chi connectivity index (χ0v) is 34.9. The molecule has 4 fully saturated rings. The summed E-state index contributed by atoms with van der Waals surface area (Å²) in [6.07, 6.45) is 24.6. The Morgan fingerprint density at radius 1 is 0.480 bits per heavy atom. The van der Waals surface area contributed by atoms with Crippen LogP contribution in [-0.2, 0) is 26.3 Å². The fourth-order valence-corrected chi connectivity index (χ4v) is 9.57. The first-order chi connectivity index (χ1) is 23.7. The van der Waals surface area contributed by atoms with Gasteiger partial charge in [0.25, 0.3) is 0 Å². The van der Waals surface area contributed by atoms with Crippen molar-refractivity contribution < 1.29 is 20.8 Å². The molecule has 254 valence electrons. The Morgan fingerprint density at radius 3 is 1.10 bits per heavy atom. The Balaban J connectivity index is 0.00000126. The second-order valence-electron chi connectivity index (χ2n) is 17.5. The van der Waals surface area contributed by atoms with Gasteiger partial charge >= 0.3 is 37.9 Å². The third kappa shape index (κ3) is 6.03. The van der Waals surface area contributed by atoms with E-state index in [1.165, 1.54) is 94.6 Å². The van der Waals surface area contributed by atoms with Crippen LogP contribution in [0.2, 0.25) is 0 Å². The maximum atomic E-state index is 4.93. The van der Waals surface area contributed by atoms with Gasteiger partial charge in [0.15, 0.2) is 0 Å². The molecule has 6 aliphatic rings. The van der Waals surface area contributed by atoms with Crippen LogP contribution in [0.5, 0.6) is 0 Å². The van der Waals surface area contributed by atoms with Crippen LogP contribution >= 0.6 is 17.0 Å². The number of benzene rings is 2. The van der Waals surface area contributed by atoms with E-state index in [9.17, 15) is 0 Å². The van der Waals surface area contributed by atoms with Gasteiger partial charge in [-0.05, 0) is 112 Å². The van der Waals surface area contributed by atoms with Crippen LogP contribution in [0.25, 0.3) is 0 Å². The summed E-state index contributed by atoms with van der Waals surface area (Å²) in [4.78, 5) is 0. The molecule has 4 saturated carbocycles. The van der Waals surface area contributed by atoms with Crippen LogP contribution in [0.3, 0.4) is 0 Å². The van der Waals surface area contributed by atoms with Gasteiger partial charge in [-0.25, -0.2) is 0 Å². The third-order valence-corrected chi connectivity index (χ3v) is 12.7. The Hall–Kier alpha value is -1.14. The molecule has 0 amide bonds. The number of hydrogen-bond acceptors (Lipinski definition) is 0. The van der Waals surface area contributed by atoms with Gasteiger partial charge in [-0.15, -0.1) is 0 Å². The predicted molar refractivity (Wildman–Crippen MR) is 208 cm³/mol. The number of allylic oxidation sites excluding steroid dienone is 8. The molecule has 0 heterocycles. The number of hydrogen-bond donors (Lipinski definition) is 0. The zero-order chi connectivity index (χ0) is 35.7. The predicted octanol–water partition coefficient (Wildman–Crippen LogP) is 13.1. The Kier molecular flexibility index (Phi) is 10.1. The second-order valence-corrected chi connectivity index (χ2v) is 21.3. The average Bonchev–Trinajstić information content (AvgIpc) is 3.74. The van der Waals surface area contributed by atoms with Gasteiger partial charge in [-0.2, -0.15) is 0 Å². The second kappa shape index (κ2) is 13.6. The van der Waals surface area contributed by atoms with Crippen molar-refractivity contribution in [3.8, 4) is 0 Å². The summed E-state index contributed by atoms with van der Waals surface area (Å²) in [6.45, 7) is 19.7. The Bertz CT molecular complexity index is 1570. The standard InChI is InChI=1S/C47H50.2ClH.Zr/c1-43(2)23-25-45(5,6)40-29-36-34(27-38(40)43)35-28-39-41(46(7,8)26-24-44(39,3)4)30-37(35)42(36)47(33-21-15-16-22-33,31-17-11-9-12-18-31)32-19-13-10-14-20-32;;;/h9-22,27-30H,23-26H2,1-8H3;2*1H;/q;;;+4/p-2. The number of fused-ring (bicyclic) bond motifs is 5. The van der Waals surface area contributed by atoms with Crippen LogP contribution in [0, 0.1) is 82.9 Å². The van der Waals surface area contributed by atoms with Gasteiger partial charge in [0.1, 0.15) is 0 Å². The summed E-state index contributed by atoms with van der Waals surface area (Å²) in [7, 11) is 9.87. The molecule has 0 unspecified atom stereocenters. The summed E-state index contributed by atoms with van der Waals surface area (Å²) < 4.78 is 0. The molecule has 2 aromatic carbocycles. The molecule has 0 nitrogen and oxygen atoms in total. The molecule has 0 saturated heterocycles. The van der Waals surface area contributed by atoms with Crippen molar-refractivity contribution >= 4 is 17.0 Å². The molecule has 50 heavy (non-hydrogen) atoms. The van der Waals surface area contributed by atoms with Gasteiger partial charge in [0.2, 0.25) is 0 Å². The van der Waals surface area contributed by atoms with Gasteiger partial charge in [0, 0.05) is 35.0 Å². The fourth-order valence-electron chi connectivity index (χ4n) is 9.57. The van der Waals surface area contributed by atoms with Gasteiger partial charge < -0.3 is 0 Å². The van der Waals surface area contributed by atoms with Crippen molar-refractivity contribution in [1.82, 2.24) is 0 Å². The number of rotatable bonds is 4. The van der Waals surface area contributed by atoms with E-state index in [-0.39, 0.29) is 21.7 Å². The van der Waals surface area contributed by atoms with Crippen LogP contribution < -0.4 is 0 Å². The van der Waals surface area contributed by atoms with Gasteiger partial charge in [0.05, 0.1) is 0 Å². The molecule has 0 spiro atoms. The molecule has 10 radical (unpaired) electrons. The van der Waals surface area contributed by atoms with Crippen molar-refractivity contribution in [2.45, 2.75) is 86.5 Å². The van der Waals surface area contributed by atoms with E-state index < -0.39 is 26.3 Å². The van der Waals surface area contributed by atoms with E-state index in [2.05, 4.69) is 166 Å². The first-order valence-electron chi connectivity index (χ1n) is 18.3. The fraction of sp³-hybridized carbons (Fsp3) is 0.362. The molecule has 2 aromatic rings. The summed E-state index contributed by atoms with van der Waals surface area (Å²) >= 11 is -0.826. The normalized spacial score (nSPS) is 26.1. The van der Waals surface area contributed by atoms with Gasteiger partial charge in [-0.1, -0.05) is 140 Å². The number of halogens is 2. The first kappa shape index (κ1) is 37.2. The molecular weight excluding hydrogens is 727 g/mol. The van der Waals surface area contributed by atoms with E-state index in [1.54, 1.807) is 0 Å². The first-order valence-corrected chi connectivity index (χ1v) is 24.6. The molecule has 3 heteroatoms. The monoisotopic (exact) mass is 774 g/mol. The third-order valence-electron chi connectivity index (χ3n) is 12.7. The van der Waals surface area contributed by atoms with Crippen LogP contribution in [0.1, 0.15) is 92.2 Å².